The number of aromatic amines is 1. The van der Waals surface area contributed by atoms with E-state index in [9.17, 15) is 4.79 Å². The summed E-state index contributed by atoms with van der Waals surface area (Å²) in [7, 11) is 0. The van der Waals surface area contributed by atoms with Crippen molar-refractivity contribution in [3.63, 3.8) is 0 Å². The summed E-state index contributed by atoms with van der Waals surface area (Å²) in [5.41, 5.74) is 9.21. The molecule has 2 unspecified atom stereocenters. The van der Waals surface area contributed by atoms with Crippen molar-refractivity contribution in [1.29, 1.82) is 0 Å². The molecule has 1 aliphatic carbocycles. The van der Waals surface area contributed by atoms with Crippen molar-refractivity contribution >= 4 is 16.8 Å². The van der Waals surface area contributed by atoms with Crippen LogP contribution >= 0.6 is 0 Å². The molecule has 2 atom stereocenters. The second kappa shape index (κ2) is 6.15. The molecule has 2 aromatic rings. The van der Waals surface area contributed by atoms with Crippen LogP contribution in [0, 0.1) is 5.92 Å². The number of para-hydroxylation sites is 1. The van der Waals surface area contributed by atoms with Gasteiger partial charge in [-0.25, -0.2) is 5.43 Å². The van der Waals surface area contributed by atoms with Crippen molar-refractivity contribution in [2.45, 2.75) is 50.1 Å². The van der Waals surface area contributed by atoms with Crippen LogP contribution in [0.1, 0.15) is 43.6 Å². The molecule has 0 spiro atoms. The zero-order valence-corrected chi connectivity index (χ0v) is 14.5. The number of amides is 1. The summed E-state index contributed by atoms with van der Waals surface area (Å²) in [4.78, 5) is 18.3. The highest BCUT2D eigenvalue weighted by molar-refractivity contribution is 5.84. The van der Waals surface area contributed by atoms with Crippen molar-refractivity contribution in [2.24, 2.45) is 5.92 Å². The smallest absolute Gasteiger partial charge is 0.241 e. The first-order valence-electron chi connectivity index (χ1n) is 9.65. The second-order valence-electron chi connectivity index (χ2n) is 7.91. The molecule has 1 amide bonds. The van der Waals surface area contributed by atoms with E-state index < -0.39 is 0 Å². The van der Waals surface area contributed by atoms with Gasteiger partial charge in [-0.05, 0) is 55.6 Å². The first-order valence-corrected chi connectivity index (χ1v) is 9.65. The van der Waals surface area contributed by atoms with Crippen LogP contribution in [0.5, 0.6) is 0 Å². The van der Waals surface area contributed by atoms with Crippen molar-refractivity contribution < 1.29 is 4.79 Å². The second-order valence-corrected chi connectivity index (χ2v) is 7.91. The number of hydrazine groups is 1. The van der Waals surface area contributed by atoms with Crippen LogP contribution in [-0.2, 0) is 4.79 Å². The minimum absolute atomic E-state index is 0.0322. The lowest BCUT2D eigenvalue weighted by molar-refractivity contribution is -0.134. The fourth-order valence-electron chi connectivity index (χ4n) is 4.61. The lowest BCUT2D eigenvalue weighted by atomic mass is 9.89. The summed E-state index contributed by atoms with van der Waals surface area (Å²) in [5, 5.41) is 1.33. The fraction of sp³-hybridized carbons (Fsp3) is 0.550. The number of likely N-dealkylation sites (tertiary alicyclic amines) is 1. The summed E-state index contributed by atoms with van der Waals surface area (Å²) < 4.78 is 0. The number of hydrogen-bond acceptors (Lipinski definition) is 3. The molecule has 1 aromatic heterocycles. The van der Waals surface area contributed by atoms with Gasteiger partial charge in [0.1, 0.15) is 6.04 Å². The molecular weight excluding hydrogens is 312 g/mol. The first-order chi connectivity index (χ1) is 12.3. The molecule has 0 bridgehead atoms. The van der Waals surface area contributed by atoms with Crippen molar-refractivity contribution in [3.8, 4) is 0 Å². The third kappa shape index (κ3) is 2.85. The molecule has 25 heavy (non-hydrogen) atoms. The van der Waals surface area contributed by atoms with E-state index in [1.165, 1.54) is 29.3 Å². The molecule has 1 saturated carbocycles. The maximum Gasteiger partial charge on any atom is 0.241 e. The molecule has 0 radical (unpaired) electrons. The average molecular weight is 338 g/mol. The normalized spacial score (nSPS) is 27.9. The number of benzene rings is 1. The lowest BCUT2D eigenvalue weighted by Crippen LogP contribution is -2.48. The molecule has 5 nitrogen and oxygen atoms in total. The van der Waals surface area contributed by atoms with Crippen molar-refractivity contribution in [3.05, 3.63) is 36.0 Å². The van der Waals surface area contributed by atoms with Gasteiger partial charge in [-0.1, -0.05) is 18.2 Å². The Balaban J connectivity index is 1.22. The number of H-pyrrole nitrogens is 1. The molecular formula is C20H26N4O. The maximum absolute atomic E-state index is 12.8. The van der Waals surface area contributed by atoms with Crippen LogP contribution in [0.25, 0.3) is 10.9 Å². The van der Waals surface area contributed by atoms with Crippen LogP contribution in [-0.4, -0.2) is 41.0 Å². The molecule has 1 aromatic carbocycles. The predicted molar refractivity (Wildman–Crippen MR) is 98.0 cm³/mol. The van der Waals surface area contributed by atoms with E-state index in [1.807, 2.05) is 0 Å². The zero-order chi connectivity index (χ0) is 16.8. The number of rotatable bonds is 3. The number of carbonyl (C=O) groups is 1. The summed E-state index contributed by atoms with van der Waals surface area (Å²) in [6.45, 7) is 1.74. The highest BCUT2D eigenvalue weighted by Crippen LogP contribution is 2.36. The Hall–Kier alpha value is -1.85. The molecule has 5 heteroatoms. The number of hydrogen-bond donors (Lipinski definition) is 3. The van der Waals surface area contributed by atoms with Gasteiger partial charge in [0.05, 0.1) is 0 Å². The largest absolute Gasteiger partial charge is 0.361 e. The molecule has 132 valence electrons. The van der Waals surface area contributed by atoms with Gasteiger partial charge >= 0.3 is 0 Å². The minimum atomic E-state index is -0.0322. The van der Waals surface area contributed by atoms with Gasteiger partial charge in [-0.15, -0.1) is 0 Å². The molecule has 3 fully saturated rings. The third-order valence-corrected chi connectivity index (χ3v) is 6.29. The Morgan fingerprint density at radius 1 is 1.04 bits per heavy atom. The molecule has 2 aliphatic heterocycles. The highest BCUT2D eigenvalue weighted by Gasteiger charge is 2.40. The van der Waals surface area contributed by atoms with Gasteiger partial charge in [0.2, 0.25) is 5.91 Å². The highest BCUT2D eigenvalue weighted by atomic mass is 16.2. The Labute approximate surface area is 148 Å². The van der Waals surface area contributed by atoms with Gasteiger partial charge in [0.15, 0.2) is 0 Å². The molecule has 3 aliphatic rings. The van der Waals surface area contributed by atoms with E-state index in [4.69, 9.17) is 0 Å². The number of nitrogens with one attached hydrogen (secondary N) is 3. The van der Waals surface area contributed by atoms with Crippen LogP contribution in [0.2, 0.25) is 0 Å². The summed E-state index contributed by atoms with van der Waals surface area (Å²) in [6.07, 6.45) is 7.85. The number of nitrogens with zero attached hydrogens (tertiary/aromatic N) is 1. The maximum atomic E-state index is 12.8. The molecule has 5 rings (SSSR count). The van der Waals surface area contributed by atoms with E-state index in [0.29, 0.717) is 12.0 Å². The van der Waals surface area contributed by atoms with Gasteiger partial charge in [-0.2, -0.15) is 0 Å². The number of aromatic nitrogens is 1. The third-order valence-electron chi connectivity index (χ3n) is 6.29. The van der Waals surface area contributed by atoms with E-state index in [0.717, 1.165) is 38.3 Å². The summed E-state index contributed by atoms with van der Waals surface area (Å²) in [5.74, 6) is 1.63. The number of carbonyl (C=O) groups excluding carboxylic acids is 1. The summed E-state index contributed by atoms with van der Waals surface area (Å²) >= 11 is 0. The van der Waals surface area contributed by atoms with E-state index in [-0.39, 0.29) is 11.9 Å². The summed E-state index contributed by atoms with van der Waals surface area (Å²) in [6, 6.07) is 8.97. The van der Waals surface area contributed by atoms with E-state index >= 15 is 0 Å². The predicted octanol–water partition coefficient (Wildman–Crippen LogP) is 2.52. The standard InChI is InChI=1S/C20H26N4O/c25-20(19-11-18(22-23-19)14-5-6-14)24-9-7-13(8-10-24)16-12-21-17-4-2-1-3-15(16)17/h1-4,12-14,18-19,21-23H,5-11H2. The van der Waals surface area contributed by atoms with Crippen LogP contribution < -0.4 is 10.9 Å². The Morgan fingerprint density at radius 3 is 2.64 bits per heavy atom. The minimum Gasteiger partial charge on any atom is -0.361 e. The van der Waals surface area contributed by atoms with Crippen molar-refractivity contribution in [1.82, 2.24) is 20.7 Å². The number of fused-ring (bicyclic) bond motifs is 1. The monoisotopic (exact) mass is 338 g/mol. The van der Waals surface area contributed by atoms with Crippen LogP contribution in [0.3, 0.4) is 0 Å². The molecule has 2 saturated heterocycles. The average Bonchev–Trinajstić information content (AvgIpc) is 3.23. The number of piperidine rings is 1. The Morgan fingerprint density at radius 2 is 1.84 bits per heavy atom. The van der Waals surface area contributed by atoms with E-state index in [2.05, 4.69) is 51.2 Å². The Kier molecular flexibility index (Phi) is 3.79. The molecule has 3 heterocycles. The van der Waals surface area contributed by atoms with Gasteiger partial charge in [0, 0.05) is 36.2 Å². The van der Waals surface area contributed by atoms with Crippen LogP contribution in [0.4, 0.5) is 0 Å². The topological polar surface area (TPSA) is 60.2 Å². The Bertz CT molecular complexity index is 773. The lowest BCUT2D eigenvalue weighted by Gasteiger charge is -2.33. The quantitative estimate of drug-likeness (QED) is 0.806. The van der Waals surface area contributed by atoms with Gasteiger partial charge in [0.25, 0.3) is 0 Å². The van der Waals surface area contributed by atoms with Crippen molar-refractivity contribution in [2.75, 3.05) is 13.1 Å². The fourth-order valence-corrected chi connectivity index (χ4v) is 4.61. The first kappa shape index (κ1) is 15.4. The van der Waals surface area contributed by atoms with Gasteiger partial charge < -0.3 is 9.88 Å². The van der Waals surface area contributed by atoms with Gasteiger partial charge in [-0.3, -0.25) is 10.2 Å². The SMILES string of the molecule is O=C(C1CC(C2CC2)NN1)N1CCC(c2c[nH]c3ccccc23)CC1. The van der Waals surface area contributed by atoms with Crippen LogP contribution in [0.15, 0.2) is 30.5 Å². The molecule has 3 N–H and O–H groups in total. The zero-order valence-electron chi connectivity index (χ0n) is 14.5. The van der Waals surface area contributed by atoms with E-state index in [1.54, 1.807) is 0 Å².